The van der Waals surface area contributed by atoms with E-state index in [-0.39, 0.29) is 31.2 Å². The third-order valence-corrected chi connectivity index (χ3v) is 7.43. The molecule has 1 unspecified atom stereocenters. The molecular weight excluding hydrogens is 475 g/mol. The number of amides is 3. The number of hydrogen-bond acceptors (Lipinski definition) is 5. The Morgan fingerprint density at radius 3 is 2.36 bits per heavy atom. The molecule has 0 aliphatic carbocycles. The number of halogens is 3. The molecule has 0 saturated carbocycles. The van der Waals surface area contributed by atoms with Crippen molar-refractivity contribution in [2.75, 3.05) is 13.1 Å². The highest BCUT2D eigenvalue weighted by molar-refractivity contribution is 6.05. The SMILES string of the molecule is O=C1CCC(N2Cc3cc(C4(O)CCN(Cc5ccc(C(F)(F)F)cc5)CC4)ccc3C2=O)C(=O)N1. The normalized spacial score (nSPS) is 22.5. The Kier molecular flexibility index (Phi) is 6.12. The topological polar surface area (TPSA) is 90.0 Å². The number of carbonyl (C=O) groups is 3. The molecule has 2 fully saturated rings. The largest absolute Gasteiger partial charge is 0.416 e. The predicted molar refractivity (Wildman–Crippen MR) is 122 cm³/mol. The number of aliphatic hydroxyl groups is 1. The van der Waals surface area contributed by atoms with E-state index in [1.54, 1.807) is 12.1 Å². The molecule has 3 aliphatic rings. The van der Waals surface area contributed by atoms with E-state index in [2.05, 4.69) is 10.2 Å². The van der Waals surface area contributed by atoms with Crippen LogP contribution in [0.5, 0.6) is 0 Å². The van der Waals surface area contributed by atoms with Gasteiger partial charge in [-0.15, -0.1) is 0 Å². The van der Waals surface area contributed by atoms with Crippen molar-refractivity contribution in [2.45, 2.75) is 56.6 Å². The zero-order valence-electron chi connectivity index (χ0n) is 19.5. The molecule has 0 radical (unpaired) electrons. The molecule has 0 aromatic heterocycles. The van der Waals surface area contributed by atoms with E-state index in [0.29, 0.717) is 43.6 Å². The molecule has 2 aromatic carbocycles. The number of rotatable bonds is 4. The van der Waals surface area contributed by atoms with E-state index in [0.717, 1.165) is 23.3 Å². The molecule has 190 valence electrons. The monoisotopic (exact) mass is 501 g/mol. The van der Waals surface area contributed by atoms with Gasteiger partial charge in [0, 0.05) is 38.2 Å². The summed E-state index contributed by atoms with van der Waals surface area (Å²) in [5.74, 6) is -1.06. The van der Waals surface area contributed by atoms with E-state index in [1.165, 1.54) is 17.0 Å². The van der Waals surface area contributed by atoms with Gasteiger partial charge in [-0.25, -0.2) is 0 Å². The van der Waals surface area contributed by atoms with Gasteiger partial charge >= 0.3 is 6.18 Å². The molecule has 2 N–H and O–H groups in total. The molecule has 2 saturated heterocycles. The van der Waals surface area contributed by atoms with Crippen LogP contribution in [-0.4, -0.2) is 51.8 Å². The highest BCUT2D eigenvalue weighted by Crippen LogP contribution is 2.37. The van der Waals surface area contributed by atoms with Gasteiger partial charge in [-0.2, -0.15) is 13.2 Å². The van der Waals surface area contributed by atoms with Crippen LogP contribution < -0.4 is 5.32 Å². The van der Waals surface area contributed by atoms with E-state index in [4.69, 9.17) is 0 Å². The number of nitrogens with one attached hydrogen (secondary N) is 1. The second-order valence-corrected chi connectivity index (χ2v) is 9.77. The van der Waals surface area contributed by atoms with Crippen molar-refractivity contribution in [2.24, 2.45) is 0 Å². The molecule has 0 spiro atoms. The van der Waals surface area contributed by atoms with E-state index >= 15 is 0 Å². The van der Waals surface area contributed by atoms with Crippen molar-refractivity contribution >= 4 is 17.7 Å². The van der Waals surface area contributed by atoms with Crippen LogP contribution in [0.3, 0.4) is 0 Å². The summed E-state index contributed by atoms with van der Waals surface area (Å²) < 4.78 is 38.4. The van der Waals surface area contributed by atoms with Crippen molar-refractivity contribution < 1.29 is 32.7 Å². The number of imide groups is 1. The van der Waals surface area contributed by atoms with Gasteiger partial charge < -0.3 is 10.0 Å². The number of alkyl halides is 3. The average Bonchev–Trinajstić information content (AvgIpc) is 3.16. The first-order valence-corrected chi connectivity index (χ1v) is 11.9. The summed E-state index contributed by atoms with van der Waals surface area (Å²) in [5, 5.41) is 13.7. The van der Waals surface area contributed by atoms with Gasteiger partial charge in [-0.3, -0.25) is 24.6 Å². The van der Waals surface area contributed by atoms with Gasteiger partial charge in [-0.1, -0.05) is 24.3 Å². The fourth-order valence-electron chi connectivity index (χ4n) is 5.29. The van der Waals surface area contributed by atoms with E-state index in [1.807, 2.05) is 6.07 Å². The fraction of sp³-hybridized carbons (Fsp3) is 0.423. The Morgan fingerprint density at radius 2 is 1.72 bits per heavy atom. The van der Waals surface area contributed by atoms with Crippen LogP contribution in [0.2, 0.25) is 0 Å². The Bertz CT molecular complexity index is 1200. The van der Waals surface area contributed by atoms with E-state index in [9.17, 15) is 32.7 Å². The minimum atomic E-state index is -4.36. The number of hydrogen-bond donors (Lipinski definition) is 2. The van der Waals surface area contributed by atoms with Crippen LogP contribution in [0.25, 0.3) is 0 Å². The summed E-state index contributed by atoms with van der Waals surface area (Å²) >= 11 is 0. The second-order valence-electron chi connectivity index (χ2n) is 9.77. The van der Waals surface area contributed by atoms with Crippen LogP contribution in [0, 0.1) is 0 Å². The van der Waals surface area contributed by atoms with E-state index < -0.39 is 29.3 Å². The lowest BCUT2D eigenvalue weighted by Crippen LogP contribution is -2.52. The third-order valence-electron chi connectivity index (χ3n) is 7.43. The maximum Gasteiger partial charge on any atom is 0.416 e. The molecule has 0 bridgehead atoms. The Labute approximate surface area is 205 Å². The van der Waals surface area contributed by atoms with Crippen LogP contribution in [0.4, 0.5) is 13.2 Å². The molecule has 36 heavy (non-hydrogen) atoms. The zero-order valence-corrected chi connectivity index (χ0v) is 19.5. The maximum atomic E-state index is 12.9. The number of nitrogens with zero attached hydrogens (tertiary/aromatic N) is 2. The van der Waals surface area contributed by atoms with Crippen LogP contribution in [0.1, 0.15) is 58.3 Å². The van der Waals surface area contributed by atoms with Gasteiger partial charge in [0.25, 0.3) is 5.91 Å². The number of carbonyl (C=O) groups excluding carboxylic acids is 3. The summed E-state index contributed by atoms with van der Waals surface area (Å²) in [6.45, 7) is 1.87. The minimum Gasteiger partial charge on any atom is -0.385 e. The van der Waals surface area contributed by atoms with Gasteiger partial charge in [0.1, 0.15) is 6.04 Å². The zero-order chi connectivity index (χ0) is 25.7. The second kappa shape index (κ2) is 9.01. The summed E-state index contributed by atoms with van der Waals surface area (Å²) in [4.78, 5) is 40.2. The summed E-state index contributed by atoms with van der Waals surface area (Å²) in [6.07, 6.45) is -3.01. The average molecular weight is 502 g/mol. The molecule has 3 amide bonds. The van der Waals surface area contributed by atoms with Crippen LogP contribution >= 0.6 is 0 Å². The Hall–Kier alpha value is -3.24. The van der Waals surface area contributed by atoms with Gasteiger partial charge in [-0.05, 0) is 54.2 Å². The smallest absolute Gasteiger partial charge is 0.385 e. The van der Waals surface area contributed by atoms with Crippen LogP contribution in [0.15, 0.2) is 42.5 Å². The standard InChI is InChI=1S/C26H26F3N3O4/c27-26(28,29)18-3-1-16(2-4-18)14-31-11-9-25(36,10-12-31)19-5-6-20-17(13-19)15-32(24(20)35)21-7-8-22(33)30-23(21)34/h1-6,13,21,36H,7-12,14-15H2,(H,30,33,34). The quantitative estimate of drug-likeness (QED) is 0.629. The molecule has 3 aliphatic heterocycles. The van der Waals surface area contributed by atoms with Crippen molar-refractivity contribution in [3.63, 3.8) is 0 Å². The summed E-state index contributed by atoms with van der Waals surface area (Å²) in [5.41, 5.74) is 0.947. The first-order chi connectivity index (χ1) is 17.0. The first kappa shape index (κ1) is 24.5. The Morgan fingerprint density at radius 1 is 1.03 bits per heavy atom. The molecule has 7 nitrogen and oxygen atoms in total. The predicted octanol–water partition coefficient (Wildman–Crippen LogP) is 2.95. The maximum absolute atomic E-state index is 12.9. The van der Waals surface area contributed by atoms with Crippen molar-refractivity contribution in [1.82, 2.24) is 15.1 Å². The highest BCUT2D eigenvalue weighted by Gasteiger charge is 2.41. The lowest BCUT2D eigenvalue weighted by Gasteiger charge is -2.38. The lowest BCUT2D eigenvalue weighted by molar-refractivity contribution is -0.138. The third kappa shape index (κ3) is 4.62. The fourth-order valence-corrected chi connectivity index (χ4v) is 5.29. The van der Waals surface area contributed by atoms with Crippen LogP contribution in [-0.2, 0) is 34.5 Å². The summed E-state index contributed by atoms with van der Waals surface area (Å²) in [6, 6.07) is 9.69. The summed E-state index contributed by atoms with van der Waals surface area (Å²) in [7, 11) is 0. The molecule has 5 rings (SSSR count). The Balaban J connectivity index is 1.23. The minimum absolute atomic E-state index is 0.185. The van der Waals surface area contributed by atoms with Crippen molar-refractivity contribution in [3.8, 4) is 0 Å². The number of benzene rings is 2. The first-order valence-electron chi connectivity index (χ1n) is 11.9. The molecule has 3 heterocycles. The van der Waals surface area contributed by atoms with Gasteiger partial charge in [0.05, 0.1) is 11.2 Å². The number of piperidine rings is 2. The lowest BCUT2D eigenvalue weighted by atomic mass is 9.83. The highest BCUT2D eigenvalue weighted by atomic mass is 19.4. The van der Waals surface area contributed by atoms with Gasteiger partial charge in [0.15, 0.2) is 0 Å². The van der Waals surface area contributed by atoms with Crippen molar-refractivity contribution in [3.05, 3.63) is 70.3 Å². The molecule has 10 heteroatoms. The number of likely N-dealkylation sites (tertiary alicyclic amines) is 1. The van der Waals surface area contributed by atoms with Gasteiger partial charge in [0.2, 0.25) is 11.8 Å². The van der Waals surface area contributed by atoms with Crippen molar-refractivity contribution in [1.29, 1.82) is 0 Å². The number of fused-ring (bicyclic) bond motifs is 1. The molecule has 2 aromatic rings. The molecule has 1 atom stereocenters. The molecular formula is C26H26F3N3O4.